The van der Waals surface area contributed by atoms with Gasteiger partial charge >= 0.3 is 0 Å². The molecule has 0 fully saturated rings. The van der Waals surface area contributed by atoms with Crippen molar-refractivity contribution in [3.8, 4) is 0 Å². The van der Waals surface area contributed by atoms with Crippen LogP contribution in [0, 0.1) is 0 Å². The second-order valence-electron chi connectivity index (χ2n) is 3.07. The van der Waals surface area contributed by atoms with E-state index >= 15 is 0 Å². The lowest BCUT2D eigenvalue weighted by molar-refractivity contribution is 0.141. The predicted molar refractivity (Wildman–Crippen MR) is 53.4 cm³/mol. The van der Waals surface area contributed by atoms with Gasteiger partial charge in [0.05, 0.1) is 19.0 Å². The molecule has 2 N–H and O–H groups in total. The molecular formula is C10H11N3O. The van der Waals surface area contributed by atoms with E-state index in [2.05, 4.69) is 21.1 Å². The summed E-state index contributed by atoms with van der Waals surface area (Å²) in [7, 11) is 0. The van der Waals surface area contributed by atoms with E-state index in [0.717, 1.165) is 17.2 Å². The van der Waals surface area contributed by atoms with Gasteiger partial charge in [-0.1, -0.05) is 12.1 Å². The highest BCUT2D eigenvalue weighted by atomic mass is 16.6. The average Bonchev–Trinajstić information content (AvgIpc) is 2.26. The van der Waals surface area contributed by atoms with Crippen LogP contribution in [-0.4, -0.2) is 16.8 Å². The summed E-state index contributed by atoms with van der Waals surface area (Å²) in [5, 5.41) is 9.83. The number of nitrogens with two attached hydrogens (primary N) is 1. The highest BCUT2D eigenvalue weighted by Crippen LogP contribution is 2.13. The number of nitrogens with zero attached hydrogens (tertiary/aromatic N) is 2. The molecular weight excluding hydrogens is 178 g/mol. The van der Waals surface area contributed by atoms with Gasteiger partial charge in [0.15, 0.2) is 0 Å². The quantitative estimate of drug-likeness (QED) is 0.733. The fourth-order valence-corrected chi connectivity index (χ4v) is 1.38. The fourth-order valence-electron chi connectivity index (χ4n) is 1.38. The molecule has 4 nitrogen and oxygen atoms in total. The molecule has 0 aliphatic carbocycles. The van der Waals surface area contributed by atoms with Crippen LogP contribution in [0.2, 0.25) is 0 Å². The topological polar surface area (TPSA) is 61.0 Å². The van der Waals surface area contributed by atoms with Crippen LogP contribution in [-0.2, 0) is 11.3 Å². The standard InChI is InChI=1S/C10H11N3O/c11-14-4-3-8-1-2-9-6-12-13-7-10(9)5-8/h1-2,5-7H,3-4,11H2. The molecule has 4 heteroatoms. The molecule has 0 aliphatic heterocycles. The molecule has 1 aromatic carbocycles. The van der Waals surface area contributed by atoms with Crippen LogP contribution >= 0.6 is 0 Å². The first-order chi connectivity index (χ1) is 6.90. The highest BCUT2D eigenvalue weighted by molar-refractivity contribution is 5.81. The van der Waals surface area contributed by atoms with E-state index in [4.69, 9.17) is 5.90 Å². The van der Waals surface area contributed by atoms with Gasteiger partial charge in [0.2, 0.25) is 0 Å². The molecule has 0 saturated heterocycles. The summed E-state index contributed by atoms with van der Waals surface area (Å²) in [5.74, 6) is 4.97. The molecule has 0 amide bonds. The first-order valence-electron chi connectivity index (χ1n) is 4.41. The second kappa shape index (κ2) is 4.13. The Labute approximate surface area is 81.7 Å². The second-order valence-corrected chi connectivity index (χ2v) is 3.07. The Morgan fingerprint density at radius 2 is 1.93 bits per heavy atom. The van der Waals surface area contributed by atoms with E-state index < -0.39 is 0 Å². The van der Waals surface area contributed by atoms with Gasteiger partial charge in [-0.15, -0.1) is 0 Å². The minimum atomic E-state index is 0.532. The Balaban J connectivity index is 2.32. The molecule has 1 heterocycles. The number of aromatic nitrogens is 2. The molecule has 0 aliphatic rings. The van der Waals surface area contributed by atoms with Gasteiger partial charge in [-0.25, -0.2) is 5.90 Å². The van der Waals surface area contributed by atoms with Gasteiger partial charge < -0.3 is 4.84 Å². The van der Waals surface area contributed by atoms with E-state index in [9.17, 15) is 0 Å². The zero-order valence-electron chi connectivity index (χ0n) is 7.68. The Morgan fingerprint density at radius 3 is 2.71 bits per heavy atom. The maximum atomic E-state index is 4.97. The Hall–Kier alpha value is -1.52. The van der Waals surface area contributed by atoms with Crippen LogP contribution in [0.1, 0.15) is 5.56 Å². The van der Waals surface area contributed by atoms with Crippen LogP contribution in [0.4, 0.5) is 0 Å². The van der Waals surface area contributed by atoms with E-state index in [0.29, 0.717) is 6.61 Å². The van der Waals surface area contributed by atoms with Crippen molar-refractivity contribution < 1.29 is 4.84 Å². The van der Waals surface area contributed by atoms with Crippen molar-refractivity contribution in [1.29, 1.82) is 0 Å². The van der Waals surface area contributed by atoms with Gasteiger partial charge in [0.25, 0.3) is 0 Å². The van der Waals surface area contributed by atoms with Gasteiger partial charge in [0, 0.05) is 10.8 Å². The SMILES string of the molecule is NOCCc1ccc2cnncc2c1. The summed E-state index contributed by atoms with van der Waals surface area (Å²) in [5.41, 5.74) is 1.19. The molecule has 0 unspecified atom stereocenters. The molecule has 0 saturated carbocycles. The van der Waals surface area contributed by atoms with Crippen LogP contribution in [0.25, 0.3) is 10.8 Å². The van der Waals surface area contributed by atoms with E-state index in [1.165, 1.54) is 5.56 Å². The highest BCUT2D eigenvalue weighted by Gasteiger charge is 1.96. The number of benzene rings is 1. The zero-order chi connectivity index (χ0) is 9.80. The van der Waals surface area contributed by atoms with Crippen molar-refractivity contribution >= 4 is 10.8 Å². The minimum Gasteiger partial charge on any atom is -0.304 e. The zero-order valence-corrected chi connectivity index (χ0v) is 7.68. The van der Waals surface area contributed by atoms with Crippen molar-refractivity contribution in [3.63, 3.8) is 0 Å². The van der Waals surface area contributed by atoms with Crippen molar-refractivity contribution in [2.75, 3.05) is 6.61 Å². The van der Waals surface area contributed by atoms with E-state index in [1.54, 1.807) is 12.4 Å². The minimum absolute atomic E-state index is 0.532. The normalized spacial score (nSPS) is 10.6. The lowest BCUT2D eigenvalue weighted by atomic mass is 10.1. The molecule has 2 aromatic rings. The number of rotatable bonds is 3. The third-order valence-electron chi connectivity index (χ3n) is 2.12. The summed E-state index contributed by atoms with van der Waals surface area (Å²) in [6.45, 7) is 0.532. The van der Waals surface area contributed by atoms with Crippen molar-refractivity contribution in [2.24, 2.45) is 5.90 Å². The van der Waals surface area contributed by atoms with Crippen molar-refractivity contribution in [3.05, 3.63) is 36.2 Å². The summed E-state index contributed by atoms with van der Waals surface area (Å²) >= 11 is 0. The van der Waals surface area contributed by atoms with Gasteiger partial charge in [-0.3, -0.25) is 0 Å². The van der Waals surface area contributed by atoms with Crippen LogP contribution in [0.15, 0.2) is 30.6 Å². The third-order valence-corrected chi connectivity index (χ3v) is 2.12. The first-order valence-corrected chi connectivity index (χ1v) is 4.41. The summed E-state index contributed by atoms with van der Waals surface area (Å²) in [4.78, 5) is 4.53. The van der Waals surface area contributed by atoms with Crippen molar-refractivity contribution in [1.82, 2.24) is 10.2 Å². The maximum Gasteiger partial charge on any atom is 0.0719 e. The van der Waals surface area contributed by atoms with Gasteiger partial charge in [-0.2, -0.15) is 10.2 Å². The lowest BCUT2D eigenvalue weighted by Crippen LogP contribution is -2.03. The molecule has 1 aromatic heterocycles. The van der Waals surface area contributed by atoms with Crippen LogP contribution < -0.4 is 5.90 Å². The van der Waals surface area contributed by atoms with E-state index in [1.807, 2.05) is 12.1 Å². The number of hydrogen-bond donors (Lipinski definition) is 1. The Morgan fingerprint density at radius 1 is 1.14 bits per heavy atom. The van der Waals surface area contributed by atoms with Crippen molar-refractivity contribution in [2.45, 2.75) is 6.42 Å². The molecule has 0 atom stereocenters. The van der Waals surface area contributed by atoms with Crippen LogP contribution in [0.5, 0.6) is 0 Å². The molecule has 72 valence electrons. The lowest BCUT2D eigenvalue weighted by Gasteiger charge is -2.01. The average molecular weight is 189 g/mol. The van der Waals surface area contributed by atoms with E-state index in [-0.39, 0.29) is 0 Å². The summed E-state index contributed by atoms with van der Waals surface area (Å²) in [6.07, 6.45) is 4.31. The predicted octanol–water partition coefficient (Wildman–Crippen LogP) is 1.06. The smallest absolute Gasteiger partial charge is 0.0719 e. The van der Waals surface area contributed by atoms with Crippen LogP contribution in [0.3, 0.4) is 0 Å². The van der Waals surface area contributed by atoms with Gasteiger partial charge in [-0.05, 0) is 18.1 Å². The largest absolute Gasteiger partial charge is 0.304 e. The molecule has 0 bridgehead atoms. The van der Waals surface area contributed by atoms with Gasteiger partial charge in [0.1, 0.15) is 0 Å². The third kappa shape index (κ3) is 1.86. The molecule has 0 radical (unpaired) electrons. The summed E-state index contributed by atoms with van der Waals surface area (Å²) < 4.78 is 0. The maximum absolute atomic E-state index is 4.97. The molecule has 14 heavy (non-hydrogen) atoms. The fraction of sp³-hybridized carbons (Fsp3) is 0.200. The number of hydrogen-bond acceptors (Lipinski definition) is 4. The molecule has 2 rings (SSSR count). The Bertz CT molecular complexity index is 430. The summed E-state index contributed by atoms with van der Waals surface area (Å²) in [6, 6.07) is 6.14. The monoisotopic (exact) mass is 189 g/mol. The molecule has 0 spiro atoms. The number of fused-ring (bicyclic) bond motifs is 1. The Kier molecular flexibility index (Phi) is 2.67. The first kappa shape index (κ1) is 9.05.